The molecule has 1 aliphatic heterocycles. The zero-order valence-corrected chi connectivity index (χ0v) is 14.1. The highest BCUT2D eigenvalue weighted by atomic mass is 32.1. The number of likely N-dealkylation sites (N-methyl/N-ethyl adjacent to an activating group) is 1. The van der Waals surface area contributed by atoms with Crippen molar-refractivity contribution in [1.29, 1.82) is 0 Å². The number of carbonyl (C=O) groups is 2. The normalized spacial score (nSPS) is 16.5. The lowest BCUT2D eigenvalue weighted by molar-refractivity contribution is -0.121. The summed E-state index contributed by atoms with van der Waals surface area (Å²) in [6.07, 6.45) is 1.94. The van der Waals surface area contributed by atoms with E-state index < -0.39 is 0 Å². The van der Waals surface area contributed by atoms with E-state index in [-0.39, 0.29) is 24.3 Å². The van der Waals surface area contributed by atoms with E-state index in [0.717, 1.165) is 29.8 Å². The number of rotatable bonds is 4. The molecule has 2 aliphatic rings. The third-order valence-corrected chi connectivity index (χ3v) is 4.95. The van der Waals surface area contributed by atoms with Gasteiger partial charge in [0, 0.05) is 23.4 Å². The number of hydrogen-bond acceptors (Lipinski definition) is 5. The maximum atomic E-state index is 12.0. The smallest absolute Gasteiger partial charge is 0.265 e. The van der Waals surface area contributed by atoms with Gasteiger partial charge in [-0.1, -0.05) is 0 Å². The van der Waals surface area contributed by atoms with E-state index in [1.165, 1.54) is 11.3 Å². The monoisotopic (exact) mass is 343 g/mol. The summed E-state index contributed by atoms with van der Waals surface area (Å²) in [5.41, 5.74) is 2.44. The summed E-state index contributed by atoms with van der Waals surface area (Å²) >= 11 is 1.41. The fourth-order valence-corrected chi connectivity index (χ4v) is 3.45. The molecule has 0 bridgehead atoms. The van der Waals surface area contributed by atoms with Crippen molar-refractivity contribution in [2.45, 2.75) is 19.8 Å². The summed E-state index contributed by atoms with van der Waals surface area (Å²) in [5.74, 6) is 0.871. The van der Waals surface area contributed by atoms with Gasteiger partial charge in [0.1, 0.15) is 5.75 Å². The van der Waals surface area contributed by atoms with Gasteiger partial charge < -0.3 is 15.0 Å². The van der Waals surface area contributed by atoms with Gasteiger partial charge in [0.15, 0.2) is 11.7 Å². The van der Waals surface area contributed by atoms with E-state index in [1.807, 2.05) is 30.5 Å². The van der Waals surface area contributed by atoms with E-state index in [0.29, 0.717) is 17.4 Å². The quantitative estimate of drug-likeness (QED) is 0.926. The number of amides is 2. The van der Waals surface area contributed by atoms with Gasteiger partial charge >= 0.3 is 0 Å². The van der Waals surface area contributed by atoms with Crippen molar-refractivity contribution in [3.63, 3.8) is 0 Å². The predicted octanol–water partition coefficient (Wildman–Crippen LogP) is 2.90. The minimum atomic E-state index is -0.0437. The molecule has 1 aliphatic carbocycles. The molecule has 1 saturated carbocycles. The Hall–Kier alpha value is -2.41. The molecule has 6 nitrogen and oxygen atoms in total. The number of nitrogens with zero attached hydrogens (tertiary/aromatic N) is 2. The second kappa shape index (κ2) is 5.90. The Morgan fingerprint density at radius 1 is 1.46 bits per heavy atom. The first-order valence-electron chi connectivity index (χ1n) is 7.99. The molecular formula is C17H17N3O3S. The highest BCUT2D eigenvalue weighted by Gasteiger charge is 2.30. The molecule has 1 aromatic heterocycles. The standard InChI is InChI=1S/C17H17N3O3S/c1-2-20-13-7-11(5-6-14(13)23-8-15(20)21)12-9-24-17(18-12)19-16(22)10-3-4-10/h5-7,9-10H,2-4,8H2,1H3,(H,18,19,22). The number of ether oxygens (including phenoxy) is 1. The van der Waals surface area contributed by atoms with E-state index >= 15 is 0 Å². The van der Waals surface area contributed by atoms with Crippen LogP contribution in [0, 0.1) is 5.92 Å². The van der Waals surface area contributed by atoms with E-state index in [4.69, 9.17) is 4.74 Å². The van der Waals surface area contributed by atoms with Crippen LogP contribution >= 0.6 is 11.3 Å². The first-order chi connectivity index (χ1) is 11.7. The third-order valence-electron chi connectivity index (χ3n) is 4.20. The Balaban J connectivity index is 1.60. The summed E-state index contributed by atoms with van der Waals surface area (Å²) in [6, 6.07) is 5.70. The molecule has 0 saturated heterocycles. The molecule has 0 atom stereocenters. The van der Waals surface area contributed by atoms with Crippen molar-refractivity contribution >= 4 is 34.0 Å². The van der Waals surface area contributed by atoms with Gasteiger partial charge in [-0.25, -0.2) is 4.98 Å². The Morgan fingerprint density at radius 2 is 2.29 bits per heavy atom. The summed E-state index contributed by atoms with van der Waals surface area (Å²) in [4.78, 5) is 30.0. The molecule has 2 aromatic rings. The average molecular weight is 343 g/mol. The summed E-state index contributed by atoms with van der Waals surface area (Å²) in [5, 5.41) is 5.38. The molecule has 2 amide bonds. The van der Waals surface area contributed by atoms with Crippen molar-refractivity contribution in [3.8, 4) is 17.0 Å². The molecule has 1 N–H and O–H groups in total. The van der Waals surface area contributed by atoms with Crippen LogP contribution in [0.25, 0.3) is 11.3 Å². The van der Waals surface area contributed by atoms with Crippen LogP contribution in [0.1, 0.15) is 19.8 Å². The maximum absolute atomic E-state index is 12.0. The van der Waals surface area contributed by atoms with Gasteiger partial charge in [-0.2, -0.15) is 0 Å². The number of aromatic nitrogens is 1. The van der Waals surface area contributed by atoms with Crippen LogP contribution < -0.4 is 15.0 Å². The summed E-state index contributed by atoms with van der Waals surface area (Å²) in [7, 11) is 0. The number of benzene rings is 1. The lowest BCUT2D eigenvalue weighted by Gasteiger charge is -2.28. The predicted molar refractivity (Wildman–Crippen MR) is 92.4 cm³/mol. The largest absolute Gasteiger partial charge is 0.482 e. The van der Waals surface area contributed by atoms with Crippen LogP contribution in [0.2, 0.25) is 0 Å². The summed E-state index contributed by atoms with van der Waals surface area (Å²) < 4.78 is 5.48. The fraction of sp³-hybridized carbons (Fsp3) is 0.353. The van der Waals surface area contributed by atoms with Crippen LogP contribution in [-0.4, -0.2) is 29.9 Å². The van der Waals surface area contributed by atoms with Crippen molar-refractivity contribution in [1.82, 2.24) is 4.98 Å². The van der Waals surface area contributed by atoms with E-state index in [1.54, 1.807) is 4.90 Å². The van der Waals surface area contributed by atoms with Crippen molar-refractivity contribution in [2.24, 2.45) is 5.92 Å². The van der Waals surface area contributed by atoms with Crippen molar-refractivity contribution in [3.05, 3.63) is 23.6 Å². The van der Waals surface area contributed by atoms with Crippen LogP contribution in [0.3, 0.4) is 0 Å². The minimum Gasteiger partial charge on any atom is -0.482 e. The first-order valence-corrected chi connectivity index (χ1v) is 8.87. The van der Waals surface area contributed by atoms with E-state index in [9.17, 15) is 9.59 Å². The number of nitrogens with one attached hydrogen (secondary N) is 1. The second-order valence-electron chi connectivity index (χ2n) is 5.91. The fourth-order valence-electron chi connectivity index (χ4n) is 2.72. The molecule has 1 fully saturated rings. The van der Waals surface area contributed by atoms with Crippen molar-refractivity contribution in [2.75, 3.05) is 23.4 Å². The van der Waals surface area contributed by atoms with Crippen LogP contribution in [0.5, 0.6) is 5.75 Å². The molecule has 0 unspecified atom stereocenters. The van der Waals surface area contributed by atoms with Crippen LogP contribution in [0.15, 0.2) is 23.6 Å². The van der Waals surface area contributed by atoms with Crippen molar-refractivity contribution < 1.29 is 14.3 Å². The third kappa shape index (κ3) is 2.75. The van der Waals surface area contributed by atoms with Gasteiger partial charge in [-0.15, -0.1) is 11.3 Å². The van der Waals surface area contributed by atoms with Gasteiger partial charge in [0.05, 0.1) is 11.4 Å². The number of carbonyl (C=O) groups excluding carboxylic acids is 2. The Bertz CT molecular complexity index is 813. The zero-order chi connectivity index (χ0) is 16.7. The molecule has 2 heterocycles. The van der Waals surface area contributed by atoms with E-state index in [2.05, 4.69) is 10.3 Å². The molecule has 0 spiro atoms. The molecule has 4 rings (SSSR count). The Morgan fingerprint density at radius 3 is 3.04 bits per heavy atom. The first kappa shape index (κ1) is 15.1. The van der Waals surface area contributed by atoms with Gasteiger partial charge in [0.25, 0.3) is 5.91 Å². The maximum Gasteiger partial charge on any atom is 0.265 e. The minimum absolute atomic E-state index is 0.0437. The lowest BCUT2D eigenvalue weighted by atomic mass is 10.1. The highest BCUT2D eigenvalue weighted by molar-refractivity contribution is 7.14. The molecule has 124 valence electrons. The van der Waals surface area contributed by atoms with Crippen LogP contribution in [0.4, 0.5) is 10.8 Å². The zero-order valence-electron chi connectivity index (χ0n) is 13.2. The Kier molecular flexibility index (Phi) is 3.72. The van der Waals surface area contributed by atoms with Gasteiger partial charge in [-0.05, 0) is 38.0 Å². The lowest BCUT2D eigenvalue weighted by Crippen LogP contribution is -2.38. The van der Waals surface area contributed by atoms with Gasteiger partial charge in [-0.3, -0.25) is 9.59 Å². The molecule has 7 heteroatoms. The van der Waals surface area contributed by atoms with Gasteiger partial charge in [0.2, 0.25) is 5.91 Å². The number of thiazole rings is 1. The van der Waals surface area contributed by atoms with Crippen LogP contribution in [-0.2, 0) is 9.59 Å². The SMILES string of the molecule is CCN1C(=O)COc2ccc(-c3csc(NC(=O)C4CC4)n3)cc21. The number of hydrogen-bond donors (Lipinski definition) is 1. The molecule has 0 radical (unpaired) electrons. The average Bonchev–Trinajstić information content (AvgIpc) is 3.34. The second-order valence-corrected chi connectivity index (χ2v) is 6.77. The number of anilines is 2. The molecule has 1 aromatic carbocycles. The molecular weight excluding hydrogens is 326 g/mol. The summed E-state index contributed by atoms with van der Waals surface area (Å²) in [6.45, 7) is 2.61. The Labute approximate surface area is 143 Å². The number of fused-ring (bicyclic) bond motifs is 1. The molecule has 24 heavy (non-hydrogen) atoms. The highest BCUT2D eigenvalue weighted by Crippen LogP contribution is 2.37. The topological polar surface area (TPSA) is 71.5 Å².